The molecule has 0 bridgehead atoms. The number of nitrogens with zero attached hydrogens (tertiary/aromatic N) is 2. The van der Waals surface area contributed by atoms with Gasteiger partial charge in [-0.15, -0.1) is 0 Å². The smallest absolute Gasteiger partial charge is 0.238 e. The van der Waals surface area contributed by atoms with Crippen LogP contribution in [0.2, 0.25) is 0 Å². The van der Waals surface area contributed by atoms with Gasteiger partial charge in [-0.2, -0.15) is 0 Å². The Morgan fingerprint density at radius 3 is 2.52 bits per heavy atom. The van der Waals surface area contributed by atoms with Crippen molar-refractivity contribution in [3.63, 3.8) is 0 Å². The number of hydrogen-bond acceptors (Lipinski definition) is 4. The zero-order valence-corrected chi connectivity index (χ0v) is 12.9. The average molecular weight is 292 g/mol. The standard InChI is InChI=1S/C15H24N4O2/c1-4-8-19(11-15(21)18(2)3)10-14(20)17-13-7-5-6-12(16)9-13/h5-7,9H,4,8,10-11,16H2,1-3H3,(H,17,20). The van der Waals surface area contributed by atoms with E-state index in [4.69, 9.17) is 5.73 Å². The number of rotatable bonds is 7. The first-order valence-electron chi connectivity index (χ1n) is 7.00. The molecule has 3 N–H and O–H groups in total. The molecule has 0 saturated carbocycles. The highest BCUT2D eigenvalue weighted by molar-refractivity contribution is 5.93. The first-order valence-corrected chi connectivity index (χ1v) is 7.00. The van der Waals surface area contributed by atoms with Gasteiger partial charge in [0.2, 0.25) is 11.8 Å². The third-order valence-corrected chi connectivity index (χ3v) is 2.94. The van der Waals surface area contributed by atoms with Crippen LogP contribution in [-0.4, -0.2) is 55.3 Å². The van der Waals surface area contributed by atoms with E-state index in [9.17, 15) is 9.59 Å². The summed E-state index contributed by atoms with van der Waals surface area (Å²) in [5.74, 6) is -0.166. The van der Waals surface area contributed by atoms with Gasteiger partial charge in [-0.25, -0.2) is 0 Å². The third kappa shape index (κ3) is 6.27. The number of carbonyl (C=O) groups is 2. The van der Waals surface area contributed by atoms with Crippen LogP contribution in [0.3, 0.4) is 0 Å². The molecule has 0 aliphatic rings. The molecule has 0 unspecified atom stereocenters. The number of carbonyl (C=O) groups excluding carboxylic acids is 2. The van der Waals surface area contributed by atoms with Crippen molar-refractivity contribution in [2.75, 3.05) is 44.8 Å². The van der Waals surface area contributed by atoms with Crippen LogP contribution in [0.5, 0.6) is 0 Å². The van der Waals surface area contributed by atoms with Crippen molar-refractivity contribution < 1.29 is 9.59 Å². The maximum Gasteiger partial charge on any atom is 0.238 e. The fraction of sp³-hybridized carbons (Fsp3) is 0.467. The summed E-state index contributed by atoms with van der Waals surface area (Å²) in [6.45, 7) is 3.14. The van der Waals surface area contributed by atoms with Crippen LogP contribution in [0.1, 0.15) is 13.3 Å². The molecule has 0 saturated heterocycles. The molecule has 0 heterocycles. The van der Waals surface area contributed by atoms with Crippen LogP contribution in [-0.2, 0) is 9.59 Å². The monoisotopic (exact) mass is 292 g/mol. The maximum absolute atomic E-state index is 12.0. The number of anilines is 2. The predicted molar refractivity (Wildman–Crippen MR) is 84.9 cm³/mol. The fourth-order valence-electron chi connectivity index (χ4n) is 1.88. The van der Waals surface area contributed by atoms with Crippen LogP contribution in [0, 0.1) is 0 Å². The lowest BCUT2D eigenvalue weighted by molar-refractivity contribution is -0.130. The highest BCUT2D eigenvalue weighted by atomic mass is 16.2. The van der Waals surface area contributed by atoms with E-state index < -0.39 is 0 Å². The summed E-state index contributed by atoms with van der Waals surface area (Å²) < 4.78 is 0. The zero-order valence-electron chi connectivity index (χ0n) is 12.9. The average Bonchev–Trinajstić information content (AvgIpc) is 2.38. The van der Waals surface area contributed by atoms with E-state index in [0.717, 1.165) is 6.42 Å². The van der Waals surface area contributed by atoms with Crippen molar-refractivity contribution >= 4 is 23.2 Å². The molecule has 0 aromatic heterocycles. The molecule has 0 fully saturated rings. The Hall–Kier alpha value is -2.08. The Kier molecular flexibility index (Phi) is 6.68. The normalized spacial score (nSPS) is 10.5. The molecule has 21 heavy (non-hydrogen) atoms. The van der Waals surface area contributed by atoms with Crippen LogP contribution in [0.15, 0.2) is 24.3 Å². The third-order valence-electron chi connectivity index (χ3n) is 2.94. The maximum atomic E-state index is 12.0. The van der Waals surface area contributed by atoms with Crippen LogP contribution in [0.25, 0.3) is 0 Å². The molecule has 0 spiro atoms. The summed E-state index contributed by atoms with van der Waals surface area (Å²) in [4.78, 5) is 27.2. The largest absolute Gasteiger partial charge is 0.399 e. The van der Waals surface area contributed by atoms with Crippen molar-refractivity contribution in [2.45, 2.75) is 13.3 Å². The summed E-state index contributed by atoms with van der Waals surface area (Å²) in [6.07, 6.45) is 0.881. The second kappa shape index (κ2) is 8.26. The van der Waals surface area contributed by atoms with Crippen molar-refractivity contribution in [3.8, 4) is 0 Å². The van der Waals surface area contributed by atoms with Crippen molar-refractivity contribution in [1.29, 1.82) is 0 Å². The summed E-state index contributed by atoms with van der Waals surface area (Å²) >= 11 is 0. The lowest BCUT2D eigenvalue weighted by atomic mass is 10.3. The number of likely N-dealkylation sites (N-methyl/N-ethyl adjacent to an activating group) is 1. The molecular formula is C15H24N4O2. The van der Waals surface area contributed by atoms with Gasteiger partial charge in [0.05, 0.1) is 13.1 Å². The van der Waals surface area contributed by atoms with Gasteiger partial charge in [0.15, 0.2) is 0 Å². The minimum atomic E-state index is -0.152. The summed E-state index contributed by atoms with van der Waals surface area (Å²) in [5.41, 5.74) is 6.93. The zero-order chi connectivity index (χ0) is 15.8. The molecule has 2 amide bonds. The van der Waals surface area contributed by atoms with Gasteiger partial charge in [-0.3, -0.25) is 14.5 Å². The SMILES string of the molecule is CCCN(CC(=O)Nc1cccc(N)c1)CC(=O)N(C)C. The van der Waals surface area contributed by atoms with Crippen LogP contribution in [0.4, 0.5) is 11.4 Å². The number of nitrogens with two attached hydrogens (primary N) is 1. The molecular weight excluding hydrogens is 268 g/mol. The fourth-order valence-corrected chi connectivity index (χ4v) is 1.88. The number of amides is 2. The molecule has 6 heteroatoms. The van der Waals surface area contributed by atoms with Crippen molar-refractivity contribution in [2.24, 2.45) is 0 Å². The van der Waals surface area contributed by atoms with E-state index in [2.05, 4.69) is 5.32 Å². The molecule has 0 atom stereocenters. The number of nitrogens with one attached hydrogen (secondary N) is 1. The van der Waals surface area contributed by atoms with Crippen LogP contribution < -0.4 is 11.1 Å². The van der Waals surface area contributed by atoms with Gasteiger partial charge >= 0.3 is 0 Å². The van der Waals surface area contributed by atoms with Gasteiger partial charge in [0.25, 0.3) is 0 Å². The molecule has 6 nitrogen and oxygen atoms in total. The Morgan fingerprint density at radius 1 is 1.24 bits per heavy atom. The highest BCUT2D eigenvalue weighted by Gasteiger charge is 2.15. The second-order valence-corrected chi connectivity index (χ2v) is 5.17. The number of benzene rings is 1. The van der Waals surface area contributed by atoms with Gasteiger partial charge in [-0.1, -0.05) is 13.0 Å². The molecule has 116 valence electrons. The molecule has 0 aliphatic carbocycles. The van der Waals surface area contributed by atoms with Gasteiger partial charge in [-0.05, 0) is 31.2 Å². The Bertz CT molecular complexity index is 488. The predicted octanol–water partition coefficient (Wildman–Crippen LogP) is 1.01. The molecule has 1 rings (SSSR count). The molecule has 0 radical (unpaired) electrons. The van der Waals surface area contributed by atoms with E-state index in [1.807, 2.05) is 11.8 Å². The summed E-state index contributed by atoms with van der Waals surface area (Å²) in [6, 6.07) is 7.02. The van der Waals surface area contributed by atoms with Gasteiger partial charge in [0.1, 0.15) is 0 Å². The van der Waals surface area contributed by atoms with E-state index in [0.29, 0.717) is 17.9 Å². The van der Waals surface area contributed by atoms with Crippen LogP contribution >= 0.6 is 0 Å². The van der Waals surface area contributed by atoms with E-state index in [1.165, 1.54) is 4.90 Å². The summed E-state index contributed by atoms with van der Waals surface area (Å²) in [5, 5.41) is 2.79. The Balaban J connectivity index is 2.57. The first-order chi connectivity index (χ1) is 9.92. The molecule has 1 aromatic carbocycles. The molecule has 0 aliphatic heterocycles. The minimum Gasteiger partial charge on any atom is -0.399 e. The quantitative estimate of drug-likeness (QED) is 0.735. The summed E-state index contributed by atoms with van der Waals surface area (Å²) in [7, 11) is 3.42. The lowest BCUT2D eigenvalue weighted by Gasteiger charge is -2.22. The second-order valence-electron chi connectivity index (χ2n) is 5.17. The Labute approximate surface area is 125 Å². The minimum absolute atomic E-state index is 0.0137. The van der Waals surface area contributed by atoms with Crippen molar-refractivity contribution in [3.05, 3.63) is 24.3 Å². The van der Waals surface area contributed by atoms with E-state index in [1.54, 1.807) is 38.4 Å². The van der Waals surface area contributed by atoms with E-state index >= 15 is 0 Å². The Morgan fingerprint density at radius 2 is 1.95 bits per heavy atom. The highest BCUT2D eigenvalue weighted by Crippen LogP contribution is 2.11. The van der Waals surface area contributed by atoms with Crippen molar-refractivity contribution in [1.82, 2.24) is 9.80 Å². The first kappa shape index (κ1) is 17.0. The topological polar surface area (TPSA) is 78.7 Å². The van der Waals surface area contributed by atoms with Gasteiger partial charge < -0.3 is 16.0 Å². The number of hydrogen-bond donors (Lipinski definition) is 2. The van der Waals surface area contributed by atoms with E-state index in [-0.39, 0.29) is 24.9 Å². The number of nitrogen functional groups attached to an aromatic ring is 1. The van der Waals surface area contributed by atoms with Gasteiger partial charge in [0, 0.05) is 25.5 Å². The molecule has 1 aromatic rings. The lowest BCUT2D eigenvalue weighted by Crippen LogP contribution is -2.41.